The van der Waals surface area contributed by atoms with Crippen LogP contribution in [-0.4, -0.2) is 47.0 Å². The van der Waals surface area contributed by atoms with Crippen LogP contribution in [0.3, 0.4) is 0 Å². The minimum atomic E-state index is -0.107. The normalized spacial score (nSPS) is 15.7. The van der Waals surface area contributed by atoms with E-state index in [0.717, 1.165) is 25.2 Å². The smallest absolute Gasteiger partial charge is 0.254 e. The van der Waals surface area contributed by atoms with E-state index in [0.29, 0.717) is 17.9 Å². The third-order valence-corrected chi connectivity index (χ3v) is 4.36. The molecule has 0 aliphatic carbocycles. The van der Waals surface area contributed by atoms with Gasteiger partial charge in [-0.1, -0.05) is 43.2 Å². The van der Waals surface area contributed by atoms with Crippen LogP contribution in [0.5, 0.6) is 0 Å². The molecular weight excluding hydrogens is 300 g/mol. The van der Waals surface area contributed by atoms with Crippen molar-refractivity contribution >= 4 is 5.91 Å². The predicted molar refractivity (Wildman–Crippen MR) is 94.7 cm³/mol. The highest BCUT2D eigenvalue weighted by atomic mass is 16.1. The molecule has 2 heterocycles. The summed E-state index contributed by atoms with van der Waals surface area (Å²) in [4.78, 5) is 23.2. The second kappa shape index (κ2) is 8.55. The molecule has 0 unspecified atom stereocenters. The number of benzene rings is 1. The lowest BCUT2D eigenvalue weighted by atomic mass is 10.2. The van der Waals surface area contributed by atoms with Crippen LogP contribution in [0.4, 0.5) is 0 Å². The van der Waals surface area contributed by atoms with Crippen LogP contribution in [0.1, 0.15) is 36.0 Å². The lowest BCUT2D eigenvalue weighted by molar-refractivity contribution is 0.0948. The molecule has 1 fully saturated rings. The largest absolute Gasteiger partial charge is 0.351 e. The number of hydrogen-bond acceptors (Lipinski definition) is 4. The number of hydrogen-bond donors (Lipinski definition) is 1. The van der Waals surface area contributed by atoms with Gasteiger partial charge >= 0.3 is 0 Å². The van der Waals surface area contributed by atoms with E-state index in [1.165, 1.54) is 25.7 Å². The summed E-state index contributed by atoms with van der Waals surface area (Å²) < 4.78 is 0. The molecule has 1 N–H and O–H groups in total. The molecule has 1 amide bonds. The van der Waals surface area contributed by atoms with Gasteiger partial charge < -0.3 is 10.2 Å². The SMILES string of the molecule is O=C(NCCN1CCCCCC1)c1cnc(-c2ccccc2)nc1. The van der Waals surface area contributed by atoms with Gasteiger partial charge in [0.25, 0.3) is 5.91 Å². The molecule has 5 nitrogen and oxygen atoms in total. The highest BCUT2D eigenvalue weighted by Crippen LogP contribution is 2.13. The zero-order valence-corrected chi connectivity index (χ0v) is 13.9. The number of aromatic nitrogens is 2. The number of amides is 1. The van der Waals surface area contributed by atoms with Crippen LogP contribution in [-0.2, 0) is 0 Å². The van der Waals surface area contributed by atoms with Crippen molar-refractivity contribution in [2.24, 2.45) is 0 Å². The van der Waals surface area contributed by atoms with Crippen molar-refractivity contribution in [1.82, 2.24) is 20.2 Å². The zero-order chi connectivity index (χ0) is 16.6. The molecular formula is C19H24N4O. The third-order valence-electron chi connectivity index (χ3n) is 4.36. The van der Waals surface area contributed by atoms with Gasteiger partial charge in [-0.2, -0.15) is 0 Å². The van der Waals surface area contributed by atoms with Crippen LogP contribution >= 0.6 is 0 Å². The number of likely N-dealkylation sites (tertiary alicyclic amines) is 1. The minimum absolute atomic E-state index is 0.107. The quantitative estimate of drug-likeness (QED) is 0.919. The van der Waals surface area contributed by atoms with Crippen LogP contribution in [0.2, 0.25) is 0 Å². The summed E-state index contributed by atoms with van der Waals surface area (Å²) in [6.45, 7) is 3.86. The molecule has 126 valence electrons. The maximum absolute atomic E-state index is 12.2. The summed E-state index contributed by atoms with van der Waals surface area (Å²) in [6.07, 6.45) is 8.38. The Morgan fingerprint density at radius 1 is 1.00 bits per heavy atom. The summed E-state index contributed by atoms with van der Waals surface area (Å²) in [5.74, 6) is 0.529. The Balaban J connectivity index is 1.50. The molecule has 5 heteroatoms. The van der Waals surface area contributed by atoms with E-state index >= 15 is 0 Å². The van der Waals surface area contributed by atoms with Gasteiger partial charge in [-0.25, -0.2) is 9.97 Å². The van der Waals surface area contributed by atoms with Crippen molar-refractivity contribution in [1.29, 1.82) is 0 Å². The third kappa shape index (κ3) is 4.61. The number of rotatable bonds is 5. The molecule has 0 radical (unpaired) electrons. The monoisotopic (exact) mass is 324 g/mol. The summed E-state index contributed by atoms with van der Waals surface area (Å²) in [7, 11) is 0. The number of nitrogens with one attached hydrogen (secondary N) is 1. The van der Waals surface area contributed by atoms with E-state index < -0.39 is 0 Å². The first-order valence-electron chi connectivity index (χ1n) is 8.71. The van der Waals surface area contributed by atoms with E-state index in [9.17, 15) is 4.79 Å². The fraction of sp³-hybridized carbons (Fsp3) is 0.421. The van der Waals surface area contributed by atoms with Crippen LogP contribution < -0.4 is 5.32 Å². The van der Waals surface area contributed by atoms with Crippen LogP contribution in [0, 0.1) is 0 Å². The summed E-state index contributed by atoms with van der Waals surface area (Å²) in [5, 5.41) is 2.97. The molecule has 1 saturated heterocycles. The summed E-state index contributed by atoms with van der Waals surface area (Å²) in [6, 6.07) is 9.76. The lowest BCUT2D eigenvalue weighted by Gasteiger charge is -2.19. The standard InChI is InChI=1S/C19H24N4O/c24-19(20-10-13-23-11-6-1-2-7-12-23)17-14-21-18(22-15-17)16-8-4-3-5-9-16/h3-5,8-9,14-15H,1-2,6-7,10-13H2,(H,20,24). The molecule has 1 aromatic heterocycles. The van der Waals surface area contributed by atoms with E-state index in [2.05, 4.69) is 20.2 Å². The fourth-order valence-electron chi connectivity index (χ4n) is 2.97. The first-order chi connectivity index (χ1) is 11.8. The van der Waals surface area contributed by atoms with Crippen molar-refractivity contribution in [3.8, 4) is 11.4 Å². The molecule has 2 aromatic rings. The van der Waals surface area contributed by atoms with Crippen molar-refractivity contribution in [3.05, 3.63) is 48.3 Å². The Hall–Kier alpha value is -2.27. The Bertz CT molecular complexity index is 634. The van der Waals surface area contributed by atoms with Gasteiger partial charge in [-0.05, 0) is 25.9 Å². The van der Waals surface area contributed by atoms with Crippen LogP contribution in [0.25, 0.3) is 11.4 Å². The second-order valence-electron chi connectivity index (χ2n) is 6.17. The molecule has 1 aliphatic rings. The Labute approximate surface area is 143 Å². The molecule has 0 saturated carbocycles. The van der Waals surface area contributed by atoms with Crippen molar-refractivity contribution in [3.63, 3.8) is 0 Å². The Morgan fingerprint density at radius 2 is 1.67 bits per heavy atom. The molecule has 0 bridgehead atoms. The first kappa shape index (κ1) is 16.6. The van der Waals surface area contributed by atoms with Gasteiger partial charge in [0, 0.05) is 31.0 Å². The molecule has 24 heavy (non-hydrogen) atoms. The topological polar surface area (TPSA) is 58.1 Å². The average molecular weight is 324 g/mol. The fourth-order valence-corrected chi connectivity index (χ4v) is 2.97. The van der Waals surface area contributed by atoms with E-state index in [1.54, 1.807) is 12.4 Å². The van der Waals surface area contributed by atoms with Gasteiger partial charge in [0.05, 0.1) is 5.56 Å². The molecule has 1 aliphatic heterocycles. The predicted octanol–water partition coefficient (Wildman–Crippen LogP) is 2.75. The number of nitrogens with zero attached hydrogens (tertiary/aromatic N) is 3. The second-order valence-corrected chi connectivity index (χ2v) is 6.17. The van der Waals surface area contributed by atoms with Crippen molar-refractivity contribution in [2.45, 2.75) is 25.7 Å². The molecule has 3 rings (SSSR count). The maximum atomic E-state index is 12.2. The Kier molecular flexibility index (Phi) is 5.90. The molecule has 0 spiro atoms. The van der Waals surface area contributed by atoms with Gasteiger partial charge in [-0.15, -0.1) is 0 Å². The Morgan fingerprint density at radius 3 is 2.33 bits per heavy atom. The van der Waals surface area contributed by atoms with Gasteiger partial charge in [-0.3, -0.25) is 4.79 Å². The molecule has 1 aromatic carbocycles. The summed E-state index contributed by atoms with van der Waals surface area (Å²) in [5.41, 5.74) is 1.45. The minimum Gasteiger partial charge on any atom is -0.351 e. The first-order valence-corrected chi connectivity index (χ1v) is 8.71. The highest BCUT2D eigenvalue weighted by molar-refractivity contribution is 5.93. The lowest BCUT2D eigenvalue weighted by Crippen LogP contribution is -2.35. The highest BCUT2D eigenvalue weighted by Gasteiger charge is 2.11. The van der Waals surface area contributed by atoms with Gasteiger partial charge in [0.15, 0.2) is 5.82 Å². The van der Waals surface area contributed by atoms with Crippen molar-refractivity contribution in [2.75, 3.05) is 26.2 Å². The number of carbonyl (C=O) groups is 1. The molecule has 0 atom stereocenters. The number of carbonyl (C=O) groups excluding carboxylic acids is 1. The maximum Gasteiger partial charge on any atom is 0.254 e. The van der Waals surface area contributed by atoms with E-state index in [1.807, 2.05) is 30.3 Å². The van der Waals surface area contributed by atoms with Crippen LogP contribution in [0.15, 0.2) is 42.7 Å². The van der Waals surface area contributed by atoms with Gasteiger partial charge in [0.2, 0.25) is 0 Å². The van der Waals surface area contributed by atoms with E-state index in [4.69, 9.17) is 0 Å². The van der Waals surface area contributed by atoms with E-state index in [-0.39, 0.29) is 5.91 Å². The summed E-state index contributed by atoms with van der Waals surface area (Å²) >= 11 is 0. The average Bonchev–Trinajstić information content (AvgIpc) is 2.91. The van der Waals surface area contributed by atoms with Gasteiger partial charge in [0.1, 0.15) is 0 Å². The zero-order valence-electron chi connectivity index (χ0n) is 13.9. The van der Waals surface area contributed by atoms with Crippen molar-refractivity contribution < 1.29 is 4.79 Å².